The number of likely N-dealkylation sites (tertiary alicyclic amines) is 1. The summed E-state index contributed by atoms with van der Waals surface area (Å²) in [5, 5.41) is 6.57. The van der Waals surface area contributed by atoms with Gasteiger partial charge in [0.15, 0.2) is 0 Å². The van der Waals surface area contributed by atoms with Gasteiger partial charge < -0.3 is 14.7 Å². The smallest absolute Gasteiger partial charge is 0.324 e. The number of halogens is 1. The number of carbonyl (C=O) groups is 3. The summed E-state index contributed by atoms with van der Waals surface area (Å²) >= 11 is 0. The molecule has 1 aromatic carbocycles. The Morgan fingerprint density at radius 1 is 1.26 bits per heavy atom. The van der Waals surface area contributed by atoms with Crippen molar-refractivity contribution in [1.29, 1.82) is 0 Å². The predicted octanol–water partition coefficient (Wildman–Crippen LogP) is 1.64. The normalized spacial score (nSPS) is 18.9. The molecule has 0 atom stereocenters. The molecule has 2 aromatic rings. The third kappa shape index (κ3) is 2.84. The molecule has 1 spiro atoms. The maximum Gasteiger partial charge on any atom is 0.324 e. The zero-order valence-electron chi connectivity index (χ0n) is 14.6. The number of nitrogens with one attached hydrogen (secondary N) is 1. The fourth-order valence-electron chi connectivity index (χ4n) is 3.50. The van der Waals surface area contributed by atoms with Crippen LogP contribution in [0.2, 0.25) is 0 Å². The first-order chi connectivity index (χ1) is 12.9. The third-order valence-electron chi connectivity index (χ3n) is 5.11. The molecule has 2 saturated heterocycles. The monoisotopic (exact) mass is 372 g/mol. The van der Waals surface area contributed by atoms with Crippen molar-refractivity contribution in [2.75, 3.05) is 20.1 Å². The third-order valence-corrected chi connectivity index (χ3v) is 5.11. The van der Waals surface area contributed by atoms with Crippen LogP contribution < -0.4 is 5.32 Å². The van der Waals surface area contributed by atoms with Gasteiger partial charge in [-0.15, -0.1) is 0 Å². The second-order valence-corrected chi connectivity index (χ2v) is 6.76. The van der Waals surface area contributed by atoms with E-state index in [9.17, 15) is 18.8 Å². The van der Waals surface area contributed by atoms with Gasteiger partial charge in [0.2, 0.25) is 5.76 Å². The summed E-state index contributed by atoms with van der Waals surface area (Å²) in [7, 11) is 1.44. The molecule has 4 rings (SSSR count). The quantitative estimate of drug-likeness (QED) is 0.809. The van der Waals surface area contributed by atoms with E-state index < -0.39 is 17.4 Å². The minimum Gasteiger partial charge on any atom is -0.350 e. The van der Waals surface area contributed by atoms with Gasteiger partial charge in [-0.25, -0.2) is 9.18 Å². The molecule has 9 heteroatoms. The minimum atomic E-state index is -0.934. The van der Waals surface area contributed by atoms with Gasteiger partial charge in [0.25, 0.3) is 11.8 Å². The Kier molecular flexibility index (Phi) is 3.94. The van der Waals surface area contributed by atoms with Crippen molar-refractivity contribution in [1.82, 2.24) is 20.3 Å². The largest absolute Gasteiger partial charge is 0.350 e. The van der Waals surface area contributed by atoms with Gasteiger partial charge in [-0.2, -0.15) is 0 Å². The standard InChI is InChI=1S/C18H17FN4O4/c1-22-16(25)18(20-17(22)26)5-7-23(8-6-18)15(24)14-10-13(21-27-14)11-3-2-4-12(19)9-11/h2-4,9-10H,5-8H2,1H3,(H,20,26). The number of urea groups is 1. The Balaban J connectivity index is 1.46. The van der Waals surface area contributed by atoms with Crippen molar-refractivity contribution in [3.8, 4) is 11.3 Å². The van der Waals surface area contributed by atoms with Crippen LogP contribution in [0.1, 0.15) is 23.4 Å². The number of rotatable bonds is 2. The van der Waals surface area contributed by atoms with E-state index in [1.54, 1.807) is 17.0 Å². The van der Waals surface area contributed by atoms with Crippen molar-refractivity contribution in [3.63, 3.8) is 0 Å². The number of hydrogen-bond acceptors (Lipinski definition) is 5. The molecule has 0 aliphatic carbocycles. The molecule has 4 amide bonds. The SMILES string of the molecule is CN1C(=O)NC2(CCN(C(=O)c3cc(-c4cccc(F)c4)no3)CC2)C1=O. The fourth-order valence-corrected chi connectivity index (χ4v) is 3.50. The number of piperidine rings is 1. The molecule has 8 nitrogen and oxygen atoms in total. The number of amides is 4. The van der Waals surface area contributed by atoms with E-state index >= 15 is 0 Å². The molecule has 0 bridgehead atoms. The van der Waals surface area contributed by atoms with Crippen LogP contribution in [-0.4, -0.2) is 58.5 Å². The topological polar surface area (TPSA) is 95.8 Å². The first-order valence-electron chi connectivity index (χ1n) is 8.52. The van der Waals surface area contributed by atoms with E-state index in [4.69, 9.17) is 4.52 Å². The van der Waals surface area contributed by atoms with Gasteiger partial charge in [-0.1, -0.05) is 17.3 Å². The van der Waals surface area contributed by atoms with Crippen LogP contribution in [0, 0.1) is 5.82 Å². The van der Waals surface area contributed by atoms with E-state index in [0.29, 0.717) is 37.2 Å². The van der Waals surface area contributed by atoms with Crippen LogP contribution in [0.5, 0.6) is 0 Å². The van der Waals surface area contributed by atoms with Gasteiger partial charge in [-0.05, 0) is 25.0 Å². The highest BCUT2D eigenvalue weighted by molar-refractivity contribution is 6.07. The zero-order valence-corrected chi connectivity index (χ0v) is 14.6. The van der Waals surface area contributed by atoms with Crippen molar-refractivity contribution in [2.24, 2.45) is 0 Å². The number of likely N-dealkylation sites (N-methyl/N-ethyl adjacent to an activating group) is 1. The molecule has 2 fully saturated rings. The Morgan fingerprint density at radius 3 is 2.63 bits per heavy atom. The summed E-state index contributed by atoms with van der Waals surface area (Å²) in [5.74, 6) is -0.986. The van der Waals surface area contributed by atoms with E-state index in [2.05, 4.69) is 10.5 Å². The first-order valence-corrected chi connectivity index (χ1v) is 8.52. The molecule has 2 aliphatic rings. The Bertz CT molecular complexity index is 933. The van der Waals surface area contributed by atoms with Crippen LogP contribution in [0.25, 0.3) is 11.3 Å². The van der Waals surface area contributed by atoms with Crippen molar-refractivity contribution in [3.05, 3.63) is 41.9 Å². The lowest BCUT2D eigenvalue weighted by Gasteiger charge is -2.36. The summed E-state index contributed by atoms with van der Waals surface area (Å²) in [5.41, 5.74) is -0.0552. The van der Waals surface area contributed by atoms with E-state index in [-0.39, 0.29) is 17.6 Å². The molecular weight excluding hydrogens is 355 g/mol. The van der Waals surface area contributed by atoms with Crippen LogP contribution >= 0.6 is 0 Å². The van der Waals surface area contributed by atoms with Gasteiger partial charge in [0.1, 0.15) is 17.1 Å². The molecule has 1 aromatic heterocycles. The van der Waals surface area contributed by atoms with Crippen LogP contribution in [0.4, 0.5) is 9.18 Å². The van der Waals surface area contributed by atoms with E-state index in [1.165, 1.54) is 25.2 Å². The summed E-state index contributed by atoms with van der Waals surface area (Å²) in [6.07, 6.45) is 0.664. The van der Waals surface area contributed by atoms with Gasteiger partial charge in [0.05, 0.1) is 0 Å². The molecule has 1 N–H and O–H groups in total. The number of aromatic nitrogens is 1. The highest BCUT2D eigenvalue weighted by atomic mass is 19.1. The van der Waals surface area contributed by atoms with Crippen LogP contribution in [0.3, 0.4) is 0 Å². The molecular formula is C18H17FN4O4. The summed E-state index contributed by atoms with van der Waals surface area (Å²) in [6.45, 7) is 0.601. The molecule has 3 heterocycles. The average molecular weight is 372 g/mol. The summed E-state index contributed by atoms with van der Waals surface area (Å²) in [6, 6.07) is 6.90. The highest BCUT2D eigenvalue weighted by Gasteiger charge is 2.51. The number of imide groups is 1. The van der Waals surface area contributed by atoms with Crippen molar-refractivity contribution in [2.45, 2.75) is 18.4 Å². The summed E-state index contributed by atoms with van der Waals surface area (Å²) < 4.78 is 18.5. The molecule has 0 unspecified atom stereocenters. The van der Waals surface area contributed by atoms with Gasteiger partial charge in [-0.3, -0.25) is 14.5 Å². The summed E-state index contributed by atoms with van der Waals surface area (Å²) in [4.78, 5) is 39.3. The molecule has 27 heavy (non-hydrogen) atoms. The maximum absolute atomic E-state index is 13.3. The number of carbonyl (C=O) groups excluding carboxylic acids is 3. The molecule has 140 valence electrons. The highest BCUT2D eigenvalue weighted by Crippen LogP contribution is 2.30. The second-order valence-electron chi connectivity index (χ2n) is 6.76. The first kappa shape index (κ1) is 17.2. The van der Waals surface area contributed by atoms with Crippen molar-refractivity contribution >= 4 is 17.8 Å². The number of hydrogen-bond donors (Lipinski definition) is 1. The average Bonchev–Trinajstić information content (AvgIpc) is 3.23. The van der Waals surface area contributed by atoms with Crippen LogP contribution in [-0.2, 0) is 4.79 Å². The van der Waals surface area contributed by atoms with Crippen LogP contribution in [0.15, 0.2) is 34.9 Å². The number of benzene rings is 1. The molecule has 0 saturated carbocycles. The molecule has 2 aliphatic heterocycles. The second kappa shape index (κ2) is 6.19. The Morgan fingerprint density at radius 2 is 2.00 bits per heavy atom. The van der Waals surface area contributed by atoms with Crippen molar-refractivity contribution < 1.29 is 23.3 Å². The zero-order chi connectivity index (χ0) is 19.2. The lowest BCUT2D eigenvalue weighted by molar-refractivity contribution is -0.131. The molecule has 0 radical (unpaired) electrons. The number of nitrogens with zero attached hydrogens (tertiary/aromatic N) is 3. The maximum atomic E-state index is 13.3. The lowest BCUT2D eigenvalue weighted by Crippen LogP contribution is -2.55. The van der Waals surface area contributed by atoms with E-state index in [0.717, 1.165) is 4.90 Å². The van der Waals surface area contributed by atoms with Gasteiger partial charge >= 0.3 is 6.03 Å². The fraction of sp³-hybridized carbons (Fsp3) is 0.333. The minimum absolute atomic E-state index is 0.0455. The predicted molar refractivity (Wildman–Crippen MR) is 91.1 cm³/mol. The van der Waals surface area contributed by atoms with E-state index in [1.807, 2.05) is 0 Å². The Hall–Kier alpha value is -3.23. The lowest BCUT2D eigenvalue weighted by atomic mass is 9.87. The Labute approximate surface area is 153 Å². The van der Waals surface area contributed by atoms with Gasteiger partial charge in [0, 0.05) is 31.8 Å².